The molecule has 0 aromatic heterocycles. The smallest absolute Gasteiger partial charge is 0.408 e. The Kier molecular flexibility index (Phi) is 4.13. The third kappa shape index (κ3) is 4.67. The van der Waals surface area contributed by atoms with Gasteiger partial charge < -0.3 is 15.8 Å². The highest BCUT2D eigenvalue weighted by Crippen LogP contribution is 2.11. The molecule has 0 rings (SSSR count). The summed E-state index contributed by atoms with van der Waals surface area (Å²) in [5.74, 6) is -0.573. The van der Waals surface area contributed by atoms with Crippen molar-refractivity contribution < 1.29 is 14.3 Å². The second kappa shape index (κ2) is 4.51. The lowest BCUT2D eigenvalue weighted by molar-refractivity contribution is -0.123. The molecule has 5 nitrogen and oxygen atoms in total. The van der Waals surface area contributed by atoms with Gasteiger partial charge in [-0.25, -0.2) is 4.79 Å². The van der Waals surface area contributed by atoms with Crippen LogP contribution in [0.4, 0.5) is 4.79 Å². The fourth-order valence-electron chi connectivity index (χ4n) is 0.853. The third-order valence-electron chi connectivity index (χ3n) is 2.03. The van der Waals surface area contributed by atoms with Crippen molar-refractivity contribution in [2.45, 2.75) is 52.2 Å². The number of carbonyl (C=O) groups excluding carboxylic acids is 2. The van der Waals surface area contributed by atoms with E-state index in [2.05, 4.69) is 5.32 Å². The lowest BCUT2D eigenvalue weighted by atomic mass is 9.99. The van der Waals surface area contributed by atoms with Crippen LogP contribution >= 0.6 is 0 Å². The van der Waals surface area contributed by atoms with Crippen LogP contribution in [0.1, 0.15) is 41.0 Å². The maximum absolute atomic E-state index is 11.4. The third-order valence-corrected chi connectivity index (χ3v) is 2.03. The molecule has 2 amide bonds. The molecular weight excluding hydrogens is 196 g/mol. The van der Waals surface area contributed by atoms with E-state index in [1.807, 2.05) is 0 Å². The number of rotatable bonds is 3. The van der Waals surface area contributed by atoms with Gasteiger partial charge in [-0.1, -0.05) is 6.92 Å². The lowest BCUT2D eigenvalue weighted by Crippen LogP contribution is -2.55. The van der Waals surface area contributed by atoms with Gasteiger partial charge in [0.15, 0.2) is 0 Å². The van der Waals surface area contributed by atoms with Crippen LogP contribution in [0.15, 0.2) is 0 Å². The number of hydrogen-bond donors (Lipinski definition) is 2. The Morgan fingerprint density at radius 1 is 1.27 bits per heavy atom. The van der Waals surface area contributed by atoms with Gasteiger partial charge in [0.2, 0.25) is 5.91 Å². The van der Waals surface area contributed by atoms with E-state index < -0.39 is 23.1 Å². The first-order valence-corrected chi connectivity index (χ1v) is 4.92. The zero-order valence-corrected chi connectivity index (χ0v) is 10.0. The molecule has 15 heavy (non-hydrogen) atoms. The van der Waals surface area contributed by atoms with E-state index in [4.69, 9.17) is 10.5 Å². The predicted octanol–water partition coefficient (Wildman–Crippen LogP) is 1.17. The van der Waals surface area contributed by atoms with E-state index in [9.17, 15) is 9.59 Å². The number of ether oxygens (including phenoxy) is 1. The van der Waals surface area contributed by atoms with E-state index in [1.165, 1.54) is 0 Å². The molecule has 0 radical (unpaired) electrons. The van der Waals surface area contributed by atoms with E-state index in [0.717, 1.165) is 0 Å². The second-order valence-electron chi connectivity index (χ2n) is 4.68. The average Bonchev–Trinajstić information content (AvgIpc) is 1.99. The molecule has 0 saturated carbocycles. The number of amides is 2. The molecule has 5 heteroatoms. The molecule has 0 aliphatic rings. The molecule has 0 bridgehead atoms. The zero-order chi connectivity index (χ0) is 12.3. The lowest BCUT2D eigenvalue weighted by Gasteiger charge is -2.28. The molecule has 0 heterocycles. The summed E-state index contributed by atoms with van der Waals surface area (Å²) >= 11 is 0. The minimum Gasteiger partial charge on any atom is -0.444 e. The van der Waals surface area contributed by atoms with E-state index in [1.54, 1.807) is 34.6 Å². The van der Waals surface area contributed by atoms with Gasteiger partial charge in [0.05, 0.1) is 0 Å². The number of nitrogens with two attached hydrogens (primary N) is 1. The molecule has 0 spiro atoms. The van der Waals surface area contributed by atoms with Gasteiger partial charge in [-0.15, -0.1) is 0 Å². The van der Waals surface area contributed by atoms with Gasteiger partial charge in [0.25, 0.3) is 0 Å². The van der Waals surface area contributed by atoms with Crippen LogP contribution in [0.2, 0.25) is 0 Å². The summed E-state index contributed by atoms with van der Waals surface area (Å²) in [6.07, 6.45) is -0.215. The van der Waals surface area contributed by atoms with Gasteiger partial charge in [-0.2, -0.15) is 0 Å². The average molecular weight is 216 g/mol. The largest absolute Gasteiger partial charge is 0.444 e. The van der Waals surface area contributed by atoms with Crippen molar-refractivity contribution in [2.24, 2.45) is 5.73 Å². The van der Waals surface area contributed by atoms with Crippen molar-refractivity contribution in [3.63, 3.8) is 0 Å². The van der Waals surface area contributed by atoms with E-state index >= 15 is 0 Å². The molecule has 1 unspecified atom stereocenters. The molecule has 0 fully saturated rings. The maximum Gasteiger partial charge on any atom is 0.408 e. The summed E-state index contributed by atoms with van der Waals surface area (Å²) in [5.41, 5.74) is 3.54. The predicted molar refractivity (Wildman–Crippen MR) is 57.3 cm³/mol. The van der Waals surface area contributed by atoms with Crippen molar-refractivity contribution >= 4 is 12.0 Å². The van der Waals surface area contributed by atoms with Crippen LogP contribution in [0.5, 0.6) is 0 Å². The molecule has 0 saturated heterocycles. The van der Waals surface area contributed by atoms with Crippen LogP contribution in [0, 0.1) is 0 Å². The molecule has 1 atom stereocenters. The first kappa shape index (κ1) is 13.7. The fourth-order valence-corrected chi connectivity index (χ4v) is 0.853. The number of alkyl carbamates (subject to hydrolysis) is 1. The Morgan fingerprint density at radius 2 is 1.73 bits per heavy atom. The van der Waals surface area contributed by atoms with Crippen molar-refractivity contribution in [3.8, 4) is 0 Å². The molecule has 0 aliphatic heterocycles. The van der Waals surface area contributed by atoms with Crippen LogP contribution in [-0.2, 0) is 9.53 Å². The second-order valence-corrected chi connectivity index (χ2v) is 4.68. The van der Waals surface area contributed by atoms with E-state index in [-0.39, 0.29) is 0 Å². The SMILES string of the molecule is CCC(C)(NC(=O)OC(C)(C)C)C(N)=O. The van der Waals surface area contributed by atoms with Gasteiger partial charge in [0.1, 0.15) is 11.1 Å². The fraction of sp³-hybridized carbons (Fsp3) is 0.800. The zero-order valence-electron chi connectivity index (χ0n) is 10.0. The van der Waals surface area contributed by atoms with Crippen molar-refractivity contribution in [3.05, 3.63) is 0 Å². The topological polar surface area (TPSA) is 81.4 Å². The minimum atomic E-state index is -1.05. The first-order chi connectivity index (χ1) is 6.60. The minimum absolute atomic E-state index is 0.418. The molecular formula is C10H20N2O3. The quantitative estimate of drug-likeness (QED) is 0.742. The Balaban J connectivity index is 4.45. The van der Waals surface area contributed by atoms with Crippen molar-refractivity contribution in [1.29, 1.82) is 0 Å². The van der Waals surface area contributed by atoms with Crippen LogP contribution < -0.4 is 11.1 Å². The van der Waals surface area contributed by atoms with E-state index in [0.29, 0.717) is 6.42 Å². The highest BCUT2D eigenvalue weighted by molar-refractivity contribution is 5.88. The van der Waals surface area contributed by atoms with Gasteiger partial charge in [-0.05, 0) is 34.1 Å². The summed E-state index contributed by atoms with van der Waals surface area (Å²) < 4.78 is 5.03. The number of primary amides is 1. The van der Waals surface area contributed by atoms with Crippen molar-refractivity contribution in [1.82, 2.24) is 5.32 Å². The summed E-state index contributed by atoms with van der Waals surface area (Å²) in [6.45, 7) is 8.59. The van der Waals surface area contributed by atoms with Crippen LogP contribution in [-0.4, -0.2) is 23.1 Å². The Labute approximate surface area is 90.4 Å². The normalized spacial score (nSPS) is 15.3. The summed E-state index contributed by atoms with van der Waals surface area (Å²) in [5, 5.41) is 2.46. The highest BCUT2D eigenvalue weighted by atomic mass is 16.6. The summed E-state index contributed by atoms with van der Waals surface area (Å²) in [6, 6.07) is 0. The Bertz CT molecular complexity index is 258. The standard InChI is InChI=1S/C10H20N2O3/c1-6-10(5,7(11)13)12-8(14)15-9(2,3)4/h6H2,1-5H3,(H2,11,13)(H,12,14). The molecule has 0 aliphatic carbocycles. The number of hydrogen-bond acceptors (Lipinski definition) is 3. The highest BCUT2D eigenvalue weighted by Gasteiger charge is 2.32. The first-order valence-electron chi connectivity index (χ1n) is 4.92. The number of nitrogens with one attached hydrogen (secondary N) is 1. The van der Waals surface area contributed by atoms with Gasteiger partial charge in [-0.3, -0.25) is 4.79 Å². The van der Waals surface area contributed by atoms with Crippen LogP contribution in [0.25, 0.3) is 0 Å². The summed E-state index contributed by atoms with van der Waals surface area (Å²) in [7, 11) is 0. The molecule has 0 aromatic carbocycles. The Hall–Kier alpha value is -1.26. The monoisotopic (exact) mass is 216 g/mol. The van der Waals surface area contributed by atoms with Gasteiger partial charge in [0, 0.05) is 0 Å². The van der Waals surface area contributed by atoms with Gasteiger partial charge >= 0.3 is 6.09 Å². The molecule has 88 valence electrons. The molecule has 0 aromatic rings. The van der Waals surface area contributed by atoms with Crippen molar-refractivity contribution in [2.75, 3.05) is 0 Å². The summed E-state index contributed by atoms with van der Waals surface area (Å²) in [4.78, 5) is 22.5. The maximum atomic E-state index is 11.4. The molecule has 3 N–H and O–H groups in total. The Morgan fingerprint density at radius 3 is 2.00 bits per heavy atom. The van der Waals surface area contributed by atoms with Crippen LogP contribution in [0.3, 0.4) is 0 Å². The number of carbonyl (C=O) groups is 2.